The normalized spacial score (nSPS) is 29.8. The second kappa shape index (κ2) is 3.35. The molecule has 0 unspecified atom stereocenters. The summed E-state index contributed by atoms with van der Waals surface area (Å²) in [6.07, 6.45) is 0.185. The van der Waals surface area contributed by atoms with Gasteiger partial charge in [-0.05, 0) is 11.8 Å². The van der Waals surface area contributed by atoms with E-state index in [1.807, 2.05) is 0 Å². The second-order valence-electron chi connectivity index (χ2n) is 4.37. The van der Waals surface area contributed by atoms with Gasteiger partial charge >= 0.3 is 0 Å². The lowest BCUT2D eigenvalue weighted by Gasteiger charge is -2.44. The van der Waals surface area contributed by atoms with Crippen LogP contribution in [0.1, 0.15) is 12.8 Å². The molecule has 1 aliphatic carbocycles. The average Bonchev–Trinajstić information content (AvgIpc) is 1.91. The predicted molar refractivity (Wildman–Crippen MR) is 48.3 cm³/mol. The fraction of sp³-hybridized carbons (Fsp3) is 1.00. The smallest absolute Gasteiger partial charge is 0.248 e. The van der Waals surface area contributed by atoms with Crippen molar-refractivity contribution < 1.29 is 8.78 Å². The largest absolute Gasteiger partial charge is 0.302 e. The summed E-state index contributed by atoms with van der Waals surface area (Å²) in [5.41, 5.74) is 0. The minimum absolute atomic E-state index is 0.0923. The minimum atomic E-state index is -2.36. The summed E-state index contributed by atoms with van der Waals surface area (Å²) in [5, 5.41) is 0. The predicted octanol–water partition coefficient (Wildman–Crippen LogP) is 2.20. The van der Waals surface area contributed by atoms with Crippen molar-refractivity contribution in [1.29, 1.82) is 0 Å². The standard InChI is InChI=1S/C9H14ClF2N/c10-3-8-5-13(6-8)4-7-1-9(11,12)2-7/h7-8H,1-6H2. The number of halogens is 3. The molecule has 2 fully saturated rings. The van der Waals surface area contributed by atoms with Crippen molar-refractivity contribution in [3.63, 3.8) is 0 Å². The van der Waals surface area contributed by atoms with Crippen molar-refractivity contribution in [3.8, 4) is 0 Å². The van der Waals surface area contributed by atoms with E-state index in [2.05, 4.69) is 4.90 Å². The molecular weight excluding hydrogens is 196 g/mol. The lowest BCUT2D eigenvalue weighted by molar-refractivity contribution is -0.121. The van der Waals surface area contributed by atoms with Crippen molar-refractivity contribution in [2.75, 3.05) is 25.5 Å². The first kappa shape index (κ1) is 9.66. The highest BCUT2D eigenvalue weighted by Crippen LogP contribution is 2.43. The van der Waals surface area contributed by atoms with Gasteiger partial charge in [-0.2, -0.15) is 0 Å². The topological polar surface area (TPSA) is 3.24 Å². The van der Waals surface area contributed by atoms with Crippen LogP contribution in [0, 0.1) is 11.8 Å². The van der Waals surface area contributed by atoms with Crippen LogP contribution in [-0.4, -0.2) is 36.3 Å². The Morgan fingerprint density at radius 1 is 1.23 bits per heavy atom. The first-order valence-electron chi connectivity index (χ1n) is 4.75. The van der Waals surface area contributed by atoms with E-state index in [9.17, 15) is 8.78 Å². The van der Waals surface area contributed by atoms with E-state index in [4.69, 9.17) is 11.6 Å². The van der Waals surface area contributed by atoms with Gasteiger partial charge in [0.25, 0.3) is 0 Å². The summed E-state index contributed by atoms with van der Waals surface area (Å²) in [6.45, 7) is 2.86. The van der Waals surface area contributed by atoms with Gasteiger partial charge in [-0.3, -0.25) is 0 Å². The third-order valence-corrected chi connectivity index (χ3v) is 3.38. The van der Waals surface area contributed by atoms with E-state index < -0.39 is 5.92 Å². The number of likely N-dealkylation sites (tertiary alicyclic amines) is 1. The molecule has 0 aromatic heterocycles. The van der Waals surface area contributed by atoms with Gasteiger partial charge in [0.2, 0.25) is 5.92 Å². The molecular formula is C9H14ClF2N. The molecule has 76 valence electrons. The summed E-state index contributed by atoms with van der Waals surface area (Å²) in [6, 6.07) is 0. The Morgan fingerprint density at radius 2 is 1.85 bits per heavy atom. The van der Waals surface area contributed by atoms with E-state index in [1.54, 1.807) is 0 Å². The van der Waals surface area contributed by atoms with Crippen molar-refractivity contribution in [1.82, 2.24) is 4.90 Å². The number of alkyl halides is 3. The molecule has 0 spiro atoms. The number of rotatable bonds is 3. The molecule has 1 heterocycles. The molecule has 1 saturated heterocycles. The molecule has 0 aromatic rings. The Morgan fingerprint density at radius 3 is 2.31 bits per heavy atom. The molecule has 13 heavy (non-hydrogen) atoms. The molecule has 0 N–H and O–H groups in total. The molecule has 1 aliphatic heterocycles. The van der Waals surface area contributed by atoms with E-state index in [0.29, 0.717) is 11.8 Å². The number of nitrogens with zero attached hydrogens (tertiary/aromatic N) is 1. The molecule has 2 rings (SSSR count). The highest BCUT2D eigenvalue weighted by atomic mass is 35.5. The van der Waals surface area contributed by atoms with Crippen LogP contribution in [0.4, 0.5) is 8.78 Å². The molecule has 0 amide bonds. The molecule has 0 bridgehead atoms. The first-order valence-corrected chi connectivity index (χ1v) is 5.29. The Kier molecular flexibility index (Phi) is 2.49. The lowest BCUT2D eigenvalue weighted by Crippen LogP contribution is -2.52. The zero-order valence-electron chi connectivity index (χ0n) is 7.48. The highest BCUT2D eigenvalue weighted by Gasteiger charge is 2.46. The quantitative estimate of drug-likeness (QED) is 0.645. The summed E-state index contributed by atoms with van der Waals surface area (Å²) >= 11 is 5.65. The zero-order valence-corrected chi connectivity index (χ0v) is 8.23. The summed E-state index contributed by atoms with van der Waals surface area (Å²) in [4.78, 5) is 2.23. The maximum Gasteiger partial charge on any atom is 0.248 e. The van der Waals surface area contributed by atoms with Crippen LogP contribution in [0.3, 0.4) is 0 Å². The van der Waals surface area contributed by atoms with Gasteiger partial charge in [-0.1, -0.05) is 0 Å². The van der Waals surface area contributed by atoms with Crippen molar-refractivity contribution in [3.05, 3.63) is 0 Å². The lowest BCUT2D eigenvalue weighted by atomic mass is 9.80. The zero-order chi connectivity index (χ0) is 9.47. The SMILES string of the molecule is FC1(F)CC(CN2CC(CCl)C2)C1. The molecule has 1 nitrogen and oxygen atoms in total. The average molecular weight is 210 g/mol. The minimum Gasteiger partial charge on any atom is -0.302 e. The number of hydrogen-bond acceptors (Lipinski definition) is 1. The molecule has 2 aliphatic rings. The van der Waals surface area contributed by atoms with E-state index in [0.717, 1.165) is 19.6 Å². The summed E-state index contributed by atoms with van der Waals surface area (Å²) in [7, 11) is 0. The summed E-state index contributed by atoms with van der Waals surface area (Å²) < 4.78 is 24.9. The second-order valence-corrected chi connectivity index (χ2v) is 4.68. The van der Waals surface area contributed by atoms with E-state index in [-0.39, 0.29) is 18.8 Å². The highest BCUT2D eigenvalue weighted by molar-refractivity contribution is 6.18. The Hall–Kier alpha value is 0.110. The molecule has 0 atom stereocenters. The Bertz CT molecular complexity index is 184. The van der Waals surface area contributed by atoms with Gasteiger partial charge in [0.1, 0.15) is 0 Å². The molecule has 0 aromatic carbocycles. The van der Waals surface area contributed by atoms with Crippen LogP contribution in [0.5, 0.6) is 0 Å². The van der Waals surface area contributed by atoms with Crippen LogP contribution >= 0.6 is 11.6 Å². The van der Waals surface area contributed by atoms with Gasteiger partial charge in [-0.25, -0.2) is 8.78 Å². The van der Waals surface area contributed by atoms with Crippen LogP contribution in [0.25, 0.3) is 0 Å². The van der Waals surface area contributed by atoms with Gasteiger partial charge in [0.05, 0.1) is 0 Å². The van der Waals surface area contributed by atoms with Crippen molar-refractivity contribution >= 4 is 11.6 Å². The van der Waals surface area contributed by atoms with Gasteiger partial charge < -0.3 is 4.90 Å². The molecule has 4 heteroatoms. The maximum atomic E-state index is 12.5. The van der Waals surface area contributed by atoms with Crippen molar-refractivity contribution in [2.45, 2.75) is 18.8 Å². The fourth-order valence-corrected chi connectivity index (χ4v) is 2.40. The Balaban J connectivity index is 1.61. The van der Waals surface area contributed by atoms with Crippen molar-refractivity contribution in [2.24, 2.45) is 11.8 Å². The van der Waals surface area contributed by atoms with Crippen LogP contribution in [-0.2, 0) is 0 Å². The monoisotopic (exact) mass is 209 g/mol. The summed E-state index contributed by atoms with van der Waals surface area (Å²) in [5.74, 6) is -0.827. The van der Waals surface area contributed by atoms with Gasteiger partial charge in [0, 0.05) is 38.4 Å². The molecule has 0 radical (unpaired) electrons. The Labute approximate surface area is 82.0 Å². The maximum absolute atomic E-state index is 12.5. The van der Waals surface area contributed by atoms with Crippen LogP contribution in [0.2, 0.25) is 0 Å². The first-order chi connectivity index (χ1) is 6.09. The number of hydrogen-bond donors (Lipinski definition) is 0. The molecule has 1 saturated carbocycles. The third kappa shape index (κ3) is 2.13. The van der Waals surface area contributed by atoms with E-state index in [1.165, 1.54) is 0 Å². The third-order valence-electron chi connectivity index (χ3n) is 2.94. The van der Waals surface area contributed by atoms with Gasteiger partial charge in [0.15, 0.2) is 0 Å². The van der Waals surface area contributed by atoms with Crippen LogP contribution < -0.4 is 0 Å². The fourth-order valence-electron chi connectivity index (χ4n) is 2.20. The van der Waals surface area contributed by atoms with E-state index >= 15 is 0 Å². The van der Waals surface area contributed by atoms with Gasteiger partial charge in [-0.15, -0.1) is 11.6 Å². The van der Waals surface area contributed by atoms with Crippen LogP contribution in [0.15, 0.2) is 0 Å².